The molecule has 1 aliphatic heterocycles. The maximum Gasteiger partial charge on any atom is 0.341 e. The molecule has 0 saturated carbocycles. The van der Waals surface area contributed by atoms with Crippen LogP contribution < -0.4 is 4.90 Å². The van der Waals surface area contributed by atoms with Gasteiger partial charge in [0.25, 0.3) is 0 Å². The molecule has 0 radical (unpaired) electrons. The van der Waals surface area contributed by atoms with Crippen LogP contribution in [0.4, 0.5) is 5.69 Å². The summed E-state index contributed by atoms with van der Waals surface area (Å²) in [5.41, 5.74) is 1.37. The van der Waals surface area contributed by atoms with Gasteiger partial charge in [0.1, 0.15) is 11.3 Å². The van der Waals surface area contributed by atoms with E-state index >= 15 is 0 Å². The number of aliphatic hydroxyl groups excluding tert-OH is 1. The van der Waals surface area contributed by atoms with Crippen molar-refractivity contribution in [1.82, 2.24) is 0 Å². The second-order valence-electron chi connectivity index (χ2n) is 3.94. The van der Waals surface area contributed by atoms with Crippen molar-refractivity contribution in [3.63, 3.8) is 0 Å². The maximum atomic E-state index is 11.1. The molecular weight excluding hydrogens is 298 g/mol. The fraction of sp³-hybridized carbons (Fsp3) is 0.154. The molecule has 0 amide bonds. The molecule has 2 N–H and O–H groups in total. The van der Waals surface area contributed by atoms with Gasteiger partial charge in [-0.05, 0) is 37.3 Å². The van der Waals surface area contributed by atoms with Crippen molar-refractivity contribution in [2.24, 2.45) is 0 Å². The lowest BCUT2D eigenvalue weighted by Gasteiger charge is -2.29. The van der Waals surface area contributed by atoms with Crippen LogP contribution >= 0.6 is 15.9 Å². The zero-order chi connectivity index (χ0) is 13.3. The number of halogens is 1. The van der Waals surface area contributed by atoms with Crippen molar-refractivity contribution >= 4 is 27.6 Å². The molecule has 0 aliphatic carbocycles. The van der Waals surface area contributed by atoms with Gasteiger partial charge in [-0.25, -0.2) is 4.79 Å². The summed E-state index contributed by atoms with van der Waals surface area (Å²) in [6, 6.07) is 7.56. The molecule has 0 bridgehead atoms. The number of hydrogen-bond donors (Lipinski definition) is 2. The van der Waals surface area contributed by atoms with E-state index in [0.29, 0.717) is 12.2 Å². The van der Waals surface area contributed by atoms with Crippen LogP contribution in [0.3, 0.4) is 0 Å². The van der Waals surface area contributed by atoms with Crippen LogP contribution in [0.15, 0.2) is 51.8 Å². The second kappa shape index (κ2) is 4.86. The summed E-state index contributed by atoms with van der Waals surface area (Å²) in [4.78, 5) is 13.0. The third-order valence-electron chi connectivity index (χ3n) is 2.84. The van der Waals surface area contributed by atoms with E-state index in [-0.39, 0.29) is 11.3 Å². The van der Waals surface area contributed by atoms with Crippen molar-refractivity contribution in [3.05, 3.63) is 51.8 Å². The Kier molecular flexibility index (Phi) is 3.43. The van der Waals surface area contributed by atoms with Crippen molar-refractivity contribution < 1.29 is 15.0 Å². The average Bonchev–Trinajstić information content (AvgIpc) is 2.30. The Labute approximate surface area is 113 Å². The number of carboxylic acids is 1. The predicted molar refractivity (Wildman–Crippen MR) is 72.5 cm³/mol. The van der Waals surface area contributed by atoms with E-state index in [1.807, 2.05) is 29.2 Å². The smallest absolute Gasteiger partial charge is 0.341 e. The molecule has 0 atom stereocenters. The first-order chi connectivity index (χ1) is 8.50. The van der Waals surface area contributed by atoms with Gasteiger partial charge in [-0.15, -0.1) is 0 Å². The fourth-order valence-electron chi connectivity index (χ4n) is 1.92. The van der Waals surface area contributed by atoms with Crippen LogP contribution in [0.25, 0.3) is 0 Å². The molecule has 94 valence electrons. The average molecular weight is 310 g/mol. The Morgan fingerprint density at radius 1 is 1.33 bits per heavy atom. The molecule has 1 heterocycles. The Bertz CT molecular complexity index is 546. The van der Waals surface area contributed by atoms with E-state index in [9.17, 15) is 9.90 Å². The minimum Gasteiger partial charge on any atom is -0.507 e. The molecule has 0 spiro atoms. The summed E-state index contributed by atoms with van der Waals surface area (Å²) in [7, 11) is 0. The second-order valence-corrected chi connectivity index (χ2v) is 4.86. The number of allylic oxidation sites excluding steroid dienone is 1. The number of hydrogen-bond acceptors (Lipinski definition) is 3. The number of benzene rings is 1. The van der Waals surface area contributed by atoms with Crippen LogP contribution in [0.1, 0.15) is 6.92 Å². The third kappa shape index (κ3) is 2.26. The normalized spacial score (nSPS) is 15.7. The highest BCUT2D eigenvalue weighted by Gasteiger charge is 2.24. The van der Waals surface area contributed by atoms with Crippen molar-refractivity contribution in [3.8, 4) is 0 Å². The number of aliphatic hydroxyl groups is 1. The van der Waals surface area contributed by atoms with Crippen molar-refractivity contribution in [2.45, 2.75) is 6.92 Å². The molecule has 0 saturated heterocycles. The fourth-order valence-corrected chi connectivity index (χ4v) is 2.19. The van der Waals surface area contributed by atoms with Crippen LogP contribution in [-0.2, 0) is 4.79 Å². The summed E-state index contributed by atoms with van der Waals surface area (Å²) in [5.74, 6) is -1.29. The number of nitrogens with zero attached hydrogens (tertiary/aromatic N) is 1. The molecular formula is C13H12BrNO3. The highest BCUT2D eigenvalue weighted by Crippen LogP contribution is 2.28. The van der Waals surface area contributed by atoms with E-state index in [1.54, 1.807) is 6.92 Å². The summed E-state index contributed by atoms with van der Waals surface area (Å²) in [6.45, 7) is 2.14. The zero-order valence-electron chi connectivity index (χ0n) is 9.72. The van der Waals surface area contributed by atoms with Gasteiger partial charge in [-0.2, -0.15) is 0 Å². The van der Waals surface area contributed by atoms with Gasteiger partial charge in [-0.1, -0.05) is 15.9 Å². The zero-order valence-corrected chi connectivity index (χ0v) is 11.3. The quantitative estimate of drug-likeness (QED) is 0.881. The number of anilines is 1. The number of carboxylic acid groups (broad SMARTS) is 1. The SMILES string of the molecule is CC1=C(C(=O)O)C(O)=CCN1c1ccc(Br)cc1. The van der Waals surface area contributed by atoms with Gasteiger partial charge in [0.15, 0.2) is 0 Å². The molecule has 0 unspecified atom stereocenters. The van der Waals surface area contributed by atoms with E-state index in [0.717, 1.165) is 10.2 Å². The van der Waals surface area contributed by atoms with Crippen molar-refractivity contribution in [2.75, 3.05) is 11.4 Å². The molecule has 5 heteroatoms. The number of rotatable bonds is 2. The molecule has 18 heavy (non-hydrogen) atoms. The summed E-state index contributed by atoms with van der Waals surface area (Å²) >= 11 is 3.35. The molecule has 2 rings (SSSR count). The first-order valence-corrected chi connectivity index (χ1v) is 6.17. The highest BCUT2D eigenvalue weighted by atomic mass is 79.9. The van der Waals surface area contributed by atoms with Crippen LogP contribution in [0.5, 0.6) is 0 Å². The lowest BCUT2D eigenvalue weighted by molar-refractivity contribution is -0.132. The molecule has 4 nitrogen and oxygen atoms in total. The Hall–Kier alpha value is -1.75. The lowest BCUT2D eigenvalue weighted by Crippen LogP contribution is -2.28. The standard InChI is InChI=1S/C13H12BrNO3/c1-8-12(13(17)18)11(16)6-7-15(8)10-4-2-9(14)3-5-10/h2-6,16H,7H2,1H3,(H,17,18). The molecule has 1 aliphatic rings. The predicted octanol–water partition coefficient (Wildman–Crippen LogP) is 3.07. The first kappa shape index (κ1) is 12.7. The lowest BCUT2D eigenvalue weighted by atomic mass is 10.1. The maximum absolute atomic E-state index is 11.1. The van der Waals surface area contributed by atoms with Crippen LogP contribution in [-0.4, -0.2) is 22.7 Å². The Morgan fingerprint density at radius 2 is 1.94 bits per heavy atom. The minimum atomic E-state index is -1.12. The molecule has 1 aromatic carbocycles. The Balaban J connectivity index is 2.43. The van der Waals surface area contributed by atoms with Gasteiger partial charge in [0.05, 0.1) is 0 Å². The van der Waals surface area contributed by atoms with Gasteiger partial charge >= 0.3 is 5.97 Å². The first-order valence-electron chi connectivity index (χ1n) is 5.37. The summed E-state index contributed by atoms with van der Waals surface area (Å²) in [5, 5.41) is 18.7. The summed E-state index contributed by atoms with van der Waals surface area (Å²) < 4.78 is 0.960. The molecule has 0 aromatic heterocycles. The summed E-state index contributed by atoms with van der Waals surface area (Å²) in [6.07, 6.45) is 1.50. The number of carbonyl (C=O) groups is 1. The van der Waals surface area contributed by atoms with E-state index < -0.39 is 5.97 Å². The number of aliphatic carboxylic acids is 1. The van der Waals surface area contributed by atoms with Gasteiger partial charge in [0, 0.05) is 22.4 Å². The molecule has 1 aromatic rings. The largest absolute Gasteiger partial charge is 0.507 e. The highest BCUT2D eigenvalue weighted by molar-refractivity contribution is 9.10. The minimum absolute atomic E-state index is 0.0517. The van der Waals surface area contributed by atoms with Gasteiger partial charge < -0.3 is 15.1 Å². The van der Waals surface area contributed by atoms with Gasteiger partial charge in [0.2, 0.25) is 0 Å². The molecule has 0 fully saturated rings. The van der Waals surface area contributed by atoms with E-state index in [4.69, 9.17) is 5.11 Å². The monoisotopic (exact) mass is 309 g/mol. The van der Waals surface area contributed by atoms with E-state index in [2.05, 4.69) is 15.9 Å². The Morgan fingerprint density at radius 3 is 2.50 bits per heavy atom. The van der Waals surface area contributed by atoms with Crippen LogP contribution in [0.2, 0.25) is 0 Å². The topological polar surface area (TPSA) is 60.8 Å². The van der Waals surface area contributed by atoms with Crippen LogP contribution in [0, 0.1) is 0 Å². The van der Waals surface area contributed by atoms with Gasteiger partial charge in [-0.3, -0.25) is 0 Å². The van der Waals surface area contributed by atoms with E-state index in [1.165, 1.54) is 6.08 Å². The third-order valence-corrected chi connectivity index (χ3v) is 3.37. The van der Waals surface area contributed by atoms with Crippen molar-refractivity contribution in [1.29, 1.82) is 0 Å².